The van der Waals surface area contributed by atoms with Crippen LogP contribution < -0.4 is 5.73 Å². The lowest BCUT2D eigenvalue weighted by molar-refractivity contribution is -0.137. The van der Waals surface area contributed by atoms with Crippen molar-refractivity contribution < 1.29 is 4.79 Å². The van der Waals surface area contributed by atoms with E-state index in [4.69, 9.17) is 5.73 Å². The fourth-order valence-electron chi connectivity index (χ4n) is 3.56. The highest BCUT2D eigenvalue weighted by molar-refractivity contribution is 5.79. The molecule has 1 amide bonds. The largest absolute Gasteiger partial charge is 0.342 e. The molecule has 3 heteroatoms. The van der Waals surface area contributed by atoms with Gasteiger partial charge in [-0.3, -0.25) is 4.79 Å². The molecular formula is C15H28N2O. The van der Waals surface area contributed by atoms with Gasteiger partial charge in [-0.25, -0.2) is 0 Å². The molecule has 0 spiro atoms. The predicted octanol–water partition coefficient (Wildman–Crippen LogP) is 2.54. The monoisotopic (exact) mass is 252 g/mol. The van der Waals surface area contributed by atoms with Crippen LogP contribution in [0.15, 0.2) is 0 Å². The number of amides is 1. The van der Waals surface area contributed by atoms with Gasteiger partial charge in [0.15, 0.2) is 0 Å². The predicted molar refractivity (Wildman–Crippen MR) is 74.2 cm³/mol. The van der Waals surface area contributed by atoms with Crippen LogP contribution >= 0.6 is 0 Å². The van der Waals surface area contributed by atoms with Crippen LogP contribution in [0.3, 0.4) is 0 Å². The van der Waals surface area contributed by atoms with Crippen LogP contribution in [-0.4, -0.2) is 30.4 Å². The summed E-state index contributed by atoms with van der Waals surface area (Å²) in [4.78, 5) is 14.7. The van der Waals surface area contributed by atoms with Crippen LogP contribution in [0, 0.1) is 11.8 Å². The Balaban J connectivity index is 1.86. The number of likely N-dealkylation sites (tertiary alicyclic amines) is 1. The number of carbonyl (C=O) groups excluding carboxylic acids is 1. The first kappa shape index (κ1) is 13.9. The Labute approximate surface area is 111 Å². The Hall–Kier alpha value is -0.570. The number of nitrogens with zero attached hydrogens (tertiary/aromatic N) is 1. The van der Waals surface area contributed by atoms with Gasteiger partial charge in [-0.1, -0.05) is 25.7 Å². The average Bonchev–Trinajstić information content (AvgIpc) is 2.67. The number of hydrogen-bond donors (Lipinski definition) is 1. The standard InChI is InChI=1S/C15H28N2O/c16-9-8-13-6-5-7-14(12-13)15(18)17-10-3-1-2-4-11-17/h13-14H,1-12,16H2. The maximum absolute atomic E-state index is 12.6. The van der Waals surface area contributed by atoms with E-state index in [0.717, 1.165) is 38.9 Å². The van der Waals surface area contributed by atoms with Gasteiger partial charge in [-0.05, 0) is 44.6 Å². The maximum atomic E-state index is 12.6. The quantitative estimate of drug-likeness (QED) is 0.839. The highest BCUT2D eigenvalue weighted by Gasteiger charge is 2.30. The topological polar surface area (TPSA) is 46.3 Å². The average molecular weight is 252 g/mol. The first-order valence-corrected chi connectivity index (χ1v) is 7.80. The van der Waals surface area contributed by atoms with Gasteiger partial charge in [0.25, 0.3) is 0 Å². The summed E-state index contributed by atoms with van der Waals surface area (Å²) in [6.45, 7) is 2.77. The van der Waals surface area contributed by atoms with Crippen LogP contribution in [0.1, 0.15) is 57.8 Å². The molecule has 2 rings (SSSR count). The summed E-state index contributed by atoms with van der Waals surface area (Å²) < 4.78 is 0. The van der Waals surface area contributed by atoms with E-state index in [0.29, 0.717) is 17.7 Å². The molecule has 2 aliphatic rings. The van der Waals surface area contributed by atoms with E-state index < -0.39 is 0 Å². The summed E-state index contributed by atoms with van der Waals surface area (Å²) in [7, 11) is 0. The highest BCUT2D eigenvalue weighted by atomic mass is 16.2. The minimum absolute atomic E-state index is 0.299. The fraction of sp³-hybridized carbons (Fsp3) is 0.933. The van der Waals surface area contributed by atoms with Gasteiger partial charge in [0.05, 0.1) is 0 Å². The normalized spacial score (nSPS) is 29.9. The van der Waals surface area contributed by atoms with Crippen LogP contribution in [0.25, 0.3) is 0 Å². The first-order valence-electron chi connectivity index (χ1n) is 7.80. The molecule has 2 N–H and O–H groups in total. The second kappa shape index (κ2) is 7.13. The zero-order valence-electron chi connectivity index (χ0n) is 11.6. The lowest BCUT2D eigenvalue weighted by atomic mass is 9.79. The Bertz CT molecular complexity index is 257. The SMILES string of the molecule is NCCC1CCCC(C(=O)N2CCCCCC2)C1. The van der Waals surface area contributed by atoms with E-state index in [9.17, 15) is 4.79 Å². The third-order valence-corrected chi connectivity index (χ3v) is 4.62. The second-order valence-corrected chi connectivity index (χ2v) is 6.05. The van der Waals surface area contributed by atoms with E-state index in [-0.39, 0.29) is 0 Å². The molecule has 1 saturated heterocycles. The summed E-state index contributed by atoms with van der Waals surface area (Å²) in [5.74, 6) is 1.44. The number of nitrogens with two attached hydrogens (primary N) is 1. The Morgan fingerprint density at radius 1 is 1.06 bits per heavy atom. The Morgan fingerprint density at radius 3 is 2.44 bits per heavy atom. The molecule has 104 valence electrons. The van der Waals surface area contributed by atoms with E-state index in [1.165, 1.54) is 38.5 Å². The van der Waals surface area contributed by atoms with Gasteiger partial charge in [-0.15, -0.1) is 0 Å². The van der Waals surface area contributed by atoms with Crippen molar-refractivity contribution in [3.8, 4) is 0 Å². The molecular weight excluding hydrogens is 224 g/mol. The van der Waals surface area contributed by atoms with E-state index in [1.807, 2.05) is 0 Å². The third kappa shape index (κ3) is 3.71. The second-order valence-electron chi connectivity index (χ2n) is 6.05. The highest BCUT2D eigenvalue weighted by Crippen LogP contribution is 2.32. The smallest absolute Gasteiger partial charge is 0.225 e. The third-order valence-electron chi connectivity index (χ3n) is 4.62. The van der Waals surface area contributed by atoms with Crippen LogP contribution in [0.4, 0.5) is 0 Å². The molecule has 1 aliphatic carbocycles. The zero-order valence-corrected chi connectivity index (χ0v) is 11.6. The molecule has 3 nitrogen and oxygen atoms in total. The van der Waals surface area contributed by atoms with Crippen molar-refractivity contribution in [1.29, 1.82) is 0 Å². The van der Waals surface area contributed by atoms with Crippen molar-refractivity contribution in [2.24, 2.45) is 17.6 Å². The van der Waals surface area contributed by atoms with Crippen LogP contribution in [-0.2, 0) is 4.79 Å². The molecule has 2 fully saturated rings. The van der Waals surface area contributed by atoms with Crippen molar-refractivity contribution in [1.82, 2.24) is 4.90 Å². The maximum Gasteiger partial charge on any atom is 0.225 e. The number of hydrogen-bond acceptors (Lipinski definition) is 2. The number of carbonyl (C=O) groups is 1. The van der Waals surface area contributed by atoms with Gasteiger partial charge >= 0.3 is 0 Å². The molecule has 0 bridgehead atoms. The molecule has 1 heterocycles. The summed E-state index contributed by atoms with van der Waals surface area (Å²) in [5, 5.41) is 0. The molecule has 2 unspecified atom stereocenters. The Kier molecular flexibility index (Phi) is 5.48. The molecule has 0 aromatic carbocycles. The molecule has 18 heavy (non-hydrogen) atoms. The van der Waals surface area contributed by atoms with E-state index in [1.54, 1.807) is 0 Å². The lowest BCUT2D eigenvalue weighted by Gasteiger charge is -2.32. The van der Waals surface area contributed by atoms with Gasteiger partial charge < -0.3 is 10.6 Å². The molecule has 1 saturated carbocycles. The van der Waals surface area contributed by atoms with Crippen LogP contribution in [0.2, 0.25) is 0 Å². The minimum atomic E-state index is 0.299. The molecule has 2 atom stereocenters. The van der Waals surface area contributed by atoms with Gasteiger partial charge in [0.1, 0.15) is 0 Å². The fourth-order valence-corrected chi connectivity index (χ4v) is 3.56. The van der Waals surface area contributed by atoms with Gasteiger partial charge in [-0.2, -0.15) is 0 Å². The van der Waals surface area contributed by atoms with E-state index in [2.05, 4.69) is 4.90 Å². The molecule has 0 aromatic rings. The lowest BCUT2D eigenvalue weighted by Crippen LogP contribution is -2.38. The first-order chi connectivity index (χ1) is 8.81. The van der Waals surface area contributed by atoms with Gasteiger partial charge in [0, 0.05) is 19.0 Å². The zero-order chi connectivity index (χ0) is 12.8. The Morgan fingerprint density at radius 2 is 1.78 bits per heavy atom. The van der Waals surface area contributed by atoms with Gasteiger partial charge in [0.2, 0.25) is 5.91 Å². The van der Waals surface area contributed by atoms with Crippen molar-refractivity contribution in [3.05, 3.63) is 0 Å². The van der Waals surface area contributed by atoms with Crippen molar-refractivity contribution in [3.63, 3.8) is 0 Å². The van der Waals surface area contributed by atoms with Crippen molar-refractivity contribution in [2.45, 2.75) is 57.8 Å². The van der Waals surface area contributed by atoms with E-state index >= 15 is 0 Å². The summed E-state index contributed by atoms with van der Waals surface area (Å²) in [6.07, 6.45) is 10.8. The van der Waals surface area contributed by atoms with Crippen LogP contribution in [0.5, 0.6) is 0 Å². The summed E-state index contributed by atoms with van der Waals surface area (Å²) in [5.41, 5.74) is 5.65. The van der Waals surface area contributed by atoms with Crippen molar-refractivity contribution >= 4 is 5.91 Å². The summed E-state index contributed by atoms with van der Waals surface area (Å²) in [6, 6.07) is 0. The molecule has 0 aromatic heterocycles. The summed E-state index contributed by atoms with van der Waals surface area (Å²) >= 11 is 0. The molecule has 1 aliphatic heterocycles. The minimum Gasteiger partial charge on any atom is -0.342 e. The van der Waals surface area contributed by atoms with Crippen molar-refractivity contribution in [2.75, 3.05) is 19.6 Å². The number of rotatable bonds is 3. The molecule has 0 radical (unpaired) electrons.